The molecule has 0 atom stereocenters. The van der Waals surface area contributed by atoms with Crippen molar-refractivity contribution in [2.24, 2.45) is 0 Å². The molecular weight excluding hydrogens is 586 g/mol. The predicted octanol–water partition coefficient (Wildman–Crippen LogP) is 8.99. The number of hydrogen-bond acceptors (Lipinski definition) is 4. The Morgan fingerprint density at radius 2 is 0.587 bits per heavy atom. The van der Waals surface area contributed by atoms with Crippen LogP contribution in [0.3, 0.4) is 0 Å². The van der Waals surface area contributed by atoms with E-state index in [-0.39, 0.29) is 0 Å². The van der Waals surface area contributed by atoms with Crippen LogP contribution < -0.4 is 21.2 Å². The smallest absolute Gasteiger partial charge is 0.518 e. The van der Waals surface area contributed by atoms with Gasteiger partial charge in [-0.05, 0) is 74.2 Å². The fourth-order valence-corrected chi connectivity index (χ4v) is 9.54. The molecule has 0 saturated heterocycles. The first-order chi connectivity index (χ1) is 22.7. The standard InChI is InChI=1S/C24H20P.C16H36BO4/c1-5-13-21(14-6-1)25(22-15-7-2-8-16-22,23-17-9-3-10-18-23)24-19-11-4-12-20-24;1-5-9-13-18-17(19-14-10-6-2,20-15-11-7-3)21-16-12-8-4/h1-20H;5-16H2,1-4H3/q+1;-1. The average molecular weight is 643 g/mol. The lowest BCUT2D eigenvalue weighted by molar-refractivity contribution is -0.0368. The van der Waals surface area contributed by atoms with Crippen LogP contribution in [-0.2, 0) is 18.6 Å². The van der Waals surface area contributed by atoms with E-state index in [9.17, 15) is 0 Å². The molecular formula is C40H56BO4P. The Labute approximate surface area is 280 Å². The average Bonchev–Trinajstić information content (AvgIpc) is 3.11. The Hall–Kier alpha value is -2.79. The SMILES string of the molecule is CCCCO[B-](OCCCC)(OCCCC)OCCCC.c1ccc([P+](c2ccccc2)(c2ccccc2)c2ccccc2)cc1. The lowest BCUT2D eigenvalue weighted by Gasteiger charge is -2.41. The lowest BCUT2D eigenvalue weighted by atomic mass is 10.0. The molecule has 6 heteroatoms. The Morgan fingerprint density at radius 3 is 0.783 bits per heavy atom. The van der Waals surface area contributed by atoms with Crippen molar-refractivity contribution in [1.29, 1.82) is 0 Å². The van der Waals surface area contributed by atoms with Crippen LogP contribution in [-0.4, -0.2) is 33.4 Å². The quantitative estimate of drug-likeness (QED) is 0.0548. The van der Waals surface area contributed by atoms with Crippen LogP contribution in [0.5, 0.6) is 0 Å². The minimum Gasteiger partial charge on any atom is -0.518 e. The number of hydrogen-bond donors (Lipinski definition) is 0. The highest BCUT2D eigenvalue weighted by molar-refractivity contribution is 8.01. The van der Waals surface area contributed by atoms with E-state index in [0.717, 1.165) is 51.4 Å². The molecule has 0 saturated carbocycles. The zero-order valence-electron chi connectivity index (χ0n) is 28.7. The second kappa shape index (κ2) is 21.9. The molecule has 0 heterocycles. The van der Waals surface area contributed by atoms with Crippen LogP contribution in [0.4, 0.5) is 0 Å². The maximum absolute atomic E-state index is 5.91. The van der Waals surface area contributed by atoms with Gasteiger partial charge in [0.2, 0.25) is 0 Å². The van der Waals surface area contributed by atoms with Crippen LogP contribution in [0.15, 0.2) is 121 Å². The lowest BCUT2D eigenvalue weighted by Crippen LogP contribution is -2.50. The number of rotatable bonds is 20. The van der Waals surface area contributed by atoms with Crippen molar-refractivity contribution in [2.75, 3.05) is 26.4 Å². The summed E-state index contributed by atoms with van der Waals surface area (Å²) >= 11 is 0. The Kier molecular flexibility index (Phi) is 17.9. The third-order valence-electron chi connectivity index (χ3n) is 7.85. The van der Waals surface area contributed by atoms with E-state index in [0.29, 0.717) is 26.4 Å². The van der Waals surface area contributed by atoms with Gasteiger partial charge in [0.1, 0.15) is 28.5 Å². The van der Waals surface area contributed by atoms with Gasteiger partial charge in [-0.1, -0.05) is 126 Å². The molecule has 4 rings (SSSR count). The zero-order chi connectivity index (χ0) is 32.8. The van der Waals surface area contributed by atoms with Crippen LogP contribution >= 0.6 is 7.26 Å². The van der Waals surface area contributed by atoms with Crippen LogP contribution in [0.1, 0.15) is 79.1 Å². The summed E-state index contributed by atoms with van der Waals surface area (Å²) in [6, 6.07) is 43.8. The van der Waals surface area contributed by atoms with Crippen molar-refractivity contribution >= 4 is 35.4 Å². The summed E-state index contributed by atoms with van der Waals surface area (Å²) in [5.74, 6) is 0. The molecule has 0 aliphatic carbocycles. The van der Waals surface area contributed by atoms with Gasteiger partial charge in [0.15, 0.2) is 0 Å². The maximum atomic E-state index is 5.91. The summed E-state index contributed by atoms with van der Waals surface area (Å²) in [4.78, 5) is 0. The van der Waals surface area contributed by atoms with Crippen LogP contribution in [0, 0.1) is 0 Å². The molecule has 0 N–H and O–H groups in total. The van der Waals surface area contributed by atoms with Gasteiger partial charge in [0, 0.05) is 26.4 Å². The molecule has 0 unspecified atom stereocenters. The monoisotopic (exact) mass is 642 g/mol. The Morgan fingerprint density at radius 1 is 0.370 bits per heavy atom. The highest BCUT2D eigenvalue weighted by Gasteiger charge is 2.47. The van der Waals surface area contributed by atoms with Gasteiger partial charge in [-0.25, -0.2) is 0 Å². The predicted molar refractivity (Wildman–Crippen MR) is 200 cm³/mol. The first kappa shape index (κ1) is 37.7. The second-order valence-electron chi connectivity index (χ2n) is 11.5. The third kappa shape index (κ3) is 11.2. The molecule has 0 radical (unpaired) electrons. The molecule has 4 nitrogen and oxygen atoms in total. The Bertz CT molecular complexity index is 1080. The van der Waals surface area contributed by atoms with Crippen LogP contribution in [0.2, 0.25) is 0 Å². The molecule has 4 aromatic rings. The van der Waals surface area contributed by atoms with E-state index in [2.05, 4.69) is 149 Å². The minimum atomic E-state index is -2.04. The summed E-state index contributed by atoms with van der Waals surface area (Å²) < 4.78 is 23.6. The van der Waals surface area contributed by atoms with Gasteiger partial charge in [-0.2, -0.15) is 0 Å². The fourth-order valence-electron chi connectivity index (χ4n) is 5.28. The van der Waals surface area contributed by atoms with Crippen molar-refractivity contribution in [3.05, 3.63) is 121 Å². The largest absolute Gasteiger partial charge is 0.531 e. The fraction of sp³-hybridized carbons (Fsp3) is 0.400. The van der Waals surface area contributed by atoms with Crippen molar-refractivity contribution < 1.29 is 18.6 Å². The highest BCUT2D eigenvalue weighted by Crippen LogP contribution is 2.54. The van der Waals surface area contributed by atoms with E-state index < -0.39 is 14.2 Å². The van der Waals surface area contributed by atoms with Gasteiger partial charge in [0.25, 0.3) is 0 Å². The normalized spacial score (nSPS) is 11.6. The van der Waals surface area contributed by atoms with Crippen LogP contribution in [0.25, 0.3) is 0 Å². The molecule has 0 spiro atoms. The van der Waals surface area contributed by atoms with Gasteiger partial charge in [-0.3, -0.25) is 0 Å². The van der Waals surface area contributed by atoms with Crippen molar-refractivity contribution in [2.45, 2.75) is 79.1 Å². The van der Waals surface area contributed by atoms with E-state index in [1.807, 2.05) is 0 Å². The van der Waals surface area contributed by atoms with E-state index >= 15 is 0 Å². The summed E-state index contributed by atoms with van der Waals surface area (Å²) in [5.41, 5.74) is 0. The number of unbranched alkanes of at least 4 members (excludes halogenated alkanes) is 4. The highest BCUT2D eigenvalue weighted by atomic mass is 31.2. The summed E-state index contributed by atoms with van der Waals surface area (Å²) in [6.45, 7) is 9.04. The maximum Gasteiger partial charge on any atom is 0.531 e. The van der Waals surface area contributed by atoms with Crippen molar-refractivity contribution in [3.8, 4) is 0 Å². The molecule has 0 aliphatic heterocycles. The summed E-state index contributed by atoms with van der Waals surface area (Å²) in [7, 11) is -1.91. The summed E-state index contributed by atoms with van der Waals surface area (Å²) in [5, 5.41) is 5.55. The molecule has 0 aromatic heterocycles. The van der Waals surface area contributed by atoms with Gasteiger partial charge in [0.05, 0.1) is 0 Å². The van der Waals surface area contributed by atoms with Crippen molar-refractivity contribution in [1.82, 2.24) is 0 Å². The molecule has 4 aromatic carbocycles. The van der Waals surface area contributed by atoms with Gasteiger partial charge in [-0.15, -0.1) is 0 Å². The topological polar surface area (TPSA) is 36.9 Å². The molecule has 0 aliphatic rings. The zero-order valence-corrected chi connectivity index (χ0v) is 29.6. The van der Waals surface area contributed by atoms with E-state index in [4.69, 9.17) is 18.6 Å². The minimum absolute atomic E-state index is 0.626. The van der Waals surface area contributed by atoms with Gasteiger partial charge >= 0.3 is 6.96 Å². The first-order valence-corrected chi connectivity index (χ1v) is 19.3. The van der Waals surface area contributed by atoms with E-state index in [1.54, 1.807) is 0 Å². The third-order valence-corrected chi connectivity index (χ3v) is 12.1. The Balaban J connectivity index is 0.000000256. The van der Waals surface area contributed by atoms with E-state index in [1.165, 1.54) is 21.2 Å². The molecule has 0 amide bonds. The van der Waals surface area contributed by atoms with Gasteiger partial charge < -0.3 is 18.6 Å². The second-order valence-corrected chi connectivity index (χ2v) is 14.9. The summed E-state index contributed by atoms with van der Waals surface area (Å²) in [6.07, 6.45) is 8.33. The number of benzene rings is 4. The molecule has 0 fully saturated rings. The first-order valence-electron chi connectivity index (χ1n) is 17.5. The molecule has 0 bridgehead atoms. The van der Waals surface area contributed by atoms with Crippen molar-refractivity contribution in [3.63, 3.8) is 0 Å². The molecule has 248 valence electrons. The molecule has 46 heavy (non-hydrogen) atoms.